The Hall–Kier alpha value is -0.930. The maximum Gasteiger partial charge on any atom is 0.123 e. The summed E-state index contributed by atoms with van der Waals surface area (Å²) in [6, 6.07) is 7.03. The van der Waals surface area contributed by atoms with E-state index >= 15 is 0 Å². The molecule has 0 bridgehead atoms. The third-order valence-electron chi connectivity index (χ3n) is 3.70. The summed E-state index contributed by atoms with van der Waals surface area (Å²) < 4.78 is 13.3. The van der Waals surface area contributed by atoms with E-state index in [1.807, 2.05) is 6.07 Å². The van der Waals surface area contributed by atoms with Crippen molar-refractivity contribution in [1.82, 2.24) is 5.32 Å². The standard InChI is InChI=1S/C15H22FNO/c1-10(2)14(9-18)17-15(11-6-7-11)12-4-3-5-13(16)8-12/h3-5,8,10-11,14-15,17-18H,6-7,9H2,1-2H3/t14?,15-/m0/s1. The minimum absolute atomic E-state index is 0.0684. The Morgan fingerprint density at radius 1 is 1.39 bits per heavy atom. The summed E-state index contributed by atoms with van der Waals surface area (Å²) in [6.45, 7) is 4.29. The quantitative estimate of drug-likeness (QED) is 0.815. The lowest BCUT2D eigenvalue weighted by molar-refractivity contribution is 0.194. The predicted molar refractivity (Wildman–Crippen MR) is 70.7 cm³/mol. The van der Waals surface area contributed by atoms with E-state index in [-0.39, 0.29) is 24.5 Å². The number of benzene rings is 1. The topological polar surface area (TPSA) is 32.3 Å². The molecule has 0 spiro atoms. The molecule has 0 saturated heterocycles. The first-order valence-electron chi connectivity index (χ1n) is 6.74. The van der Waals surface area contributed by atoms with Crippen molar-refractivity contribution in [2.45, 2.75) is 38.8 Å². The molecule has 1 aromatic rings. The van der Waals surface area contributed by atoms with Crippen molar-refractivity contribution in [2.75, 3.05) is 6.61 Å². The maximum absolute atomic E-state index is 13.3. The molecular formula is C15H22FNO. The fourth-order valence-corrected chi connectivity index (χ4v) is 2.32. The van der Waals surface area contributed by atoms with Gasteiger partial charge in [-0.15, -0.1) is 0 Å². The molecule has 2 N–H and O–H groups in total. The molecule has 0 amide bonds. The largest absolute Gasteiger partial charge is 0.395 e. The van der Waals surface area contributed by atoms with Crippen LogP contribution in [0.25, 0.3) is 0 Å². The molecule has 1 aliphatic carbocycles. The molecule has 2 atom stereocenters. The molecule has 1 unspecified atom stereocenters. The van der Waals surface area contributed by atoms with Crippen molar-refractivity contribution in [3.63, 3.8) is 0 Å². The molecule has 2 nitrogen and oxygen atoms in total. The summed E-state index contributed by atoms with van der Waals surface area (Å²) in [6.07, 6.45) is 2.37. The maximum atomic E-state index is 13.3. The summed E-state index contributed by atoms with van der Waals surface area (Å²) in [7, 11) is 0. The average Bonchev–Trinajstić information content (AvgIpc) is 3.14. The second kappa shape index (κ2) is 5.81. The third-order valence-corrected chi connectivity index (χ3v) is 3.70. The van der Waals surface area contributed by atoms with E-state index in [1.54, 1.807) is 12.1 Å². The molecule has 0 aliphatic heterocycles. The van der Waals surface area contributed by atoms with E-state index in [4.69, 9.17) is 0 Å². The van der Waals surface area contributed by atoms with Crippen LogP contribution in [0.4, 0.5) is 4.39 Å². The fourth-order valence-electron chi connectivity index (χ4n) is 2.32. The molecule has 1 fully saturated rings. The van der Waals surface area contributed by atoms with Crippen molar-refractivity contribution < 1.29 is 9.50 Å². The average molecular weight is 251 g/mol. The molecule has 18 heavy (non-hydrogen) atoms. The Morgan fingerprint density at radius 2 is 2.11 bits per heavy atom. The Kier molecular flexibility index (Phi) is 4.36. The molecule has 0 aromatic heterocycles. The highest BCUT2D eigenvalue weighted by Crippen LogP contribution is 2.41. The smallest absolute Gasteiger partial charge is 0.123 e. The summed E-state index contributed by atoms with van der Waals surface area (Å²) in [5.41, 5.74) is 0.997. The zero-order valence-electron chi connectivity index (χ0n) is 11.1. The van der Waals surface area contributed by atoms with Gasteiger partial charge in [-0.05, 0) is 42.4 Å². The number of halogens is 1. The van der Waals surface area contributed by atoms with Crippen LogP contribution in [-0.4, -0.2) is 17.8 Å². The number of rotatable bonds is 6. The monoisotopic (exact) mass is 251 g/mol. The van der Waals surface area contributed by atoms with Gasteiger partial charge < -0.3 is 10.4 Å². The van der Waals surface area contributed by atoms with Gasteiger partial charge in [0.2, 0.25) is 0 Å². The number of hydrogen-bond acceptors (Lipinski definition) is 2. The molecule has 1 aromatic carbocycles. The number of nitrogens with one attached hydrogen (secondary N) is 1. The van der Waals surface area contributed by atoms with Gasteiger partial charge in [0.25, 0.3) is 0 Å². The molecule has 1 aliphatic rings. The minimum Gasteiger partial charge on any atom is -0.395 e. The van der Waals surface area contributed by atoms with Gasteiger partial charge in [-0.3, -0.25) is 0 Å². The fraction of sp³-hybridized carbons (Fsp3) is 0.600. The van der Waals surface area contributed by atoms with E-state index < -0.39 is 0 Å². The van der Waals surface area contributed by atoms with Crippen molar-refractivity contribution >= 4 is 0 Å². The Balaban J connectivity index is 2.13. The zero-order chi connectivity index (χ0) is 13.1. The van der Waals surface area contributed by atoms with Gasteiger partial charge in [0.05, 0.1) is 6.61 Å². The lowest BCUT2D eigenvalue weighted by atomic mass is 9.98. The zero-order valence-corrected chi connectivity index (χ0v) is 11.1. The number of aliphatic hydroxyl groups is 1. The van der Waals surface area contributed by atoms with E-state index in [9.17, 15) is 9.50 Å². The lowest BCUT2D eigenvalue weighted by Crippen LogP contribution is -2.40. The van der Waals surface area contributed by atoms with Crippen LogP contribution in [0, 0.1) is 17.7 Å². The Labute approximate surface area is 108 Å². The Bertz CT molecular complexity index is 390. The van der Waals surface area contributed by atoms with E-state index in [2.05, 4.69) is 19.2 Å². The minimum atomic E-state index is -0.190. The van der Waals surface area contributed by atoms with Gasteiger partial charge in [-0.1, -0.05) is 26.0 Å². The third kappa shape index (κ3) is 3.30. The molecule has 3 heteroatoms. The second-order valence-electron chi connectivity index (χ2n) is 5.57. The Morgan fingerprint density at radius 3 is 2.61 bits per heavy atom. The molecule has 1 saturated carbocycles. The summed E-state index contributed by atoms with van der Waals surface area (Å²) in [5, 5.41) is 12.9. The SMILES string of the molecule is CC(C)C(CO)N[C@H](c1cccc(F)c1)C1CC1. The second-order valence-corrected chi connectivity index (χ2v) is 5.57. The van der Waals surface area contributed by atoms with Crippen molar-refractivity contribution in [3.8, 4) is 0 Å². The van der Waals surface area contributed by atoms with Gasteiger partial charge in [0, 0.05) is 12.1 Å². The van der Waals surface area contributed by atoms with Crippen LogP contribution in [-0.2, 0) is 0 Å². The molecule has 2 rings (SSSR count). The summed E-state index contributed by atoms with van der Waals surface area (Å²) in [4.78, 5) is 0. The number of hydrogen-bond donors (Lipinski definition) is 2. The first-order valence-corrected chi connectivity index (χ1v) is 6.74. The van der Waals surface area contributed by atoms with E-state index in [0.717, 1.165) is 5.56 Å². The van der Waals surface area contributed by atoms with Crippen molar-refractivity contribution in [1.29, 1.82) is 0 Å². The van der Waals surface area contributed by atoms with Crippen LogP contribution in [0.1, 0.15) is 38.3 Å². The van der Waals surface area contributed by atoms with Gasteiger partial charge in [0.15, 0.2) is 0 Å². The first-order chi connectivity index (χ1) is 8.61. The molecule has 100 valence electrons. The van der Waals surface area contributed by atoms with Crippen molar-refractivity contribution in [3.05, 3.63) is 35.6 Å². The van der Waals surface area contributed by atoms with Gasteiger partial charge in [-0.25, -0.2) is 4.39 Å². The highest BCUT2D eigenvalue weighted by atomic mass is 19.1. The predicted octanol–water partition coefficient (Wildman–Crippen LogP) is 2.88. The highest BCUT2D eigenvalue weighted by Gasteiger charge is 2.34. The summed E-state index contributed by atoms with van der Waals surface area (Å²) >= 11 is 0. The van der Waals surface area contributed by atoms with Crippen LogP contribution in [0.5, 0.6) is 0 Å². The van der Waals surface area contributed by atoms with Crippen LogP contribution in [0.15, 0.2) is 24.3 Å². The number of aliphatic hydroxyl groups excluding tert-OH is 1. The summed E-state index contributed by atoms with van der Waals surface area (Å²) in [5.74, 6) is 0.759. The van der Waals surface area contributed by atoms with Crippen LogP contribution >= 0.6 is 0 Å². The molecular weight excluding hydrogens is 229 g/mol. The normalized spacial score (nSPS) is 18.9. The molecule has 0 radical (unpaired) electrons. The van der Waals surface area contributed by atoms with Crippen molar-refractivity contribution in [2.24, 2.45) is 11.8 Å². The van der Waals surface area contributed by atoms with E-state index in [1.165, 1.54) is 18.9 Å². The van der Waals surface area contributed by atoms with Crippen LogP contribution in [0.2, 0.25) is 0 Å². The van der Waals surface area contributed by atoms with Crippen LogP contribution < -0.4 is 5.32 Å². The molecule has 0 heterocycles. The van der Waals surface area contributed by atoms with E-state index in [0.29, 0.717) is 11.8 Å². The highest BCUT2D eigenvalue weighted by molar-refractivity contribution is 5.22. The van der Waals surface area contributed by atoms with Gasteiger partial charge in [0.1, 0.15) is 5.82 Å². The van der Waals surface area contributed by atoms with Gasteiger partial charge in [-0.2, -0.15) is 0 Å². The lowest BCUT2D eigenvalue weighted by Gasteiger charge is -2.27. The van der Waals surface area contributed by atoms with Crippen LogP contribution in [0.3, 0.4) is 0 Å². The van der Waals surface area contributed by atoms with Gasteiger partial charge >= 0.3 is 0 Å². The first kappa shape index (κ1) is 13.5.